The molecule has 0 heterocycles. The molecule has 0 N–H and O–H groups in total. The van der Waals surface area contributed by atoms with Gasteiger partial charge in [-0.2, -0.15) is 5.26 Å². The minimum absolute atomic E-state index is 0.512. The van der Waals surface area contributed by atoms with Crippen molar-refractivity contribution in [1.29, 1.82) is 5.26 Å². The summed E-state index contributed by atoms with van der Waals surface area (Å²) in [5.41, 5.74) is 3.60. The van der Waals surface area contributed by atoms with Crippen molar-refractivity contribution in [2.75, 3.05) is 11.9 Å². The Labute approximate surface area is 117 Å². The van der Waals surface area contributed by atoms with E-state index in [1.54, 1.807) is 0 Å². The third-order valence-electron chi connectivity index (χ3n) is 4.59. The average Bonchev–Trinajstić information content (AvgIpc) is 2.38. The van der Waals surface area contributed by atoms with Crippen LogP contribution in [0.4, 0.5) is 5.69 Å². The van der Waals surface area contributed by atoms with Gasteiger partial charge in [-0.3, -0.25) is 0 Å². The molecule has 0 radical (unpaired) electrons. The Balaban J connectivity index is 2.10. The quantitative estimate of drug-likeness (QED) is 0.790. The molecule has 0 bridgehead atoms. The zero-order valence-corrected chi connectivity index (χ0v) is 12.5. The van der Waals surface area contributed by atoms with Gasteiger partial charge in [0.15, 0.2) is 0 Å². The standard InChI is InChI=1S/C17H24N2/c1-13-11-16(6-5-14(13)12-18)19(4)15-7-9-17(2,3)10-8-15/h5-6,11,15H,7-10H2,1-4H3. The number of anilines is 1. The van der Waals surface area contributed by atoms with Crippen molar-refractivity contribution in [3.63, 3.8) is 0 Å². The predicted molar refractivity (Wildman–Crippen MR) is 80.3 cm³/mol. The van der Waals surface area contributed by atoms with Crippen LogP contribution in [0.3, 0.4) is 0 Å². The van der Waals surface area contributed by atoms with E-state index >= 15 is 0 Å². The van der Waals surface area contributed by atoms with Crippen LogP contribution in [0.5, 0.6) is 0 Å². The molecule has 0 aliphatic heterocycles. The molecule has 0 saturated heterocycles. The Bertz CT molecular complexity index is 486. The van der Waals surface area contributed by atoms with Crippen LogP contribution in [-0.4, -0.2) is 13.1 Å². The summed E-state index contributed by atoms with van der Waals surface area (Å²) in [6, 6.07) is 9.02. The molecular weight excluding hydrogens is 232 g/mol. The van der Waals surface area contributed by atoms with Crippen molar-refractivity contribution in [2.45, 2.75) is 52.5 Å². The van der Waals surface area contributed by atoms with E-state index in [2.05, 4.69) is 44.0 Å². The highest BCUT2D eigenvalue weighted by Gasteiger charge is 2.28. The summed E-state index contributed by atoms with van der Waals surface area (Å²) >= 11 is 0. The van der Waals surface area contributed by atoms with Gasteiger partial charge < -0.3 is 4.90 Å². The number of nitriles is 1. The fourth-order valence-corrected chi connectivity index (χ4v) is 2.97. The first-order chi connectivity index (χ1) is 8.93. The first-order valence-electron chi connectivity index (χ1n) is 7.16. The topological polar surface area (TPSA) is 27.0 Å². The molecule has 1 aliphatic carbocycles. The maximum Gasteiger partial charge on any atom is 0.0994 e. The van der Waals surface area contributed by atoms with Crippen LogP contribution in [0.25, 0.3) is 0 Å². The lowest BCUT2D eigenvalue weighted by molar-refractivity contribution is 0.222. The molecule has 2 nitrogen and oxygen atoms in total. The molecule has 1 aromatic rings. The van der Waals surface area contributed by atoms with Gasteiger partial charge in [-0.1, -0.05) is 13.8 Å². The first kappa shape index (κ1) is 13.9. The fraction of sp³-hybridized carbons (Fsp3) is 0.588. The molecule has 1 aromatic carbocycles. The van der Waals surface area contributed by atoms with Crippen LogP contribution in [-0.2, 0) is 0 Å². The minimum atomic E-state index is 0.512. The zero-order chi connectivity index (χ0) is 14.0. The molecule has 1 saturated carbocycles. The predicted octanol–water partition coefficient (Wildman–Crippen LogP) is 4.27. The monoisotopic (exact) mass is 256 g/mol. The summed E-state index contributed by atoms with van der Waals surface area (Å²) in [5, 5.41) is 8.99. The summed E-state index contributed by atoms with van der Waals surface area (Å²) in [6.07, 6.45) is 5.14. The number of rotatable bonds is 2. The molecule has 1 aliphatic rings. The van der Waals surface area contributed by atoms with Gasteiger partial charge in [-0.15, -0.1) is 0 Å². The number of hydrogen-bond donors (Lipinski definition) is 0. The van der Waals surface area contributed by atoms with Crippen LogP contribution >= 0.6 is 0 Å². The number of aryl methyl sites for hydroxylation is 1. The summed E-state index contributed by atoms with van der Waals surface area (Å²) in [5.74, 6) is 0. The Morgan fingerprint density at radius 3 is 2.42 bits per heavy atom. The van der Waals surface area contributed by atoms with Crippen molar-refractivity contribution < 1.29 is 0 Å². The van der Waals surface area contributed by atoms with E-state index < -0.39 is 0 Å². The first-order valence-corrected chi connectivity index (χ1v) is 7.16. The van der Waals surface area contributed by atoms with E-state index in [1.165, 1.54) is 31.4 Å². The van der Waals surface area contributed by atoms with Crippen LogP contribution in [0.15, 0.2) is 18.2 Å². The Hall–Kier alpha value is -1.49. The Morgan fingerprint density at radius 1 is 1.26 bits per heavy atom. The second kappa shape index (κ2) is 5.25. The normalized spacial score (nSPS) is 18.9. The highest BCUT2D eigenvalue weighted by atomic mass is 15.1. The van der Waals surface area contributed by atoms with Gasteiger partial charge in [-0.25, -0.2) is 0 Å². The fourth-order valence-electron chi connectivity index (χ4n) is 2.97. The molecule has 0 atom stereocenters. The van der Waals surface area contributed by atoms with Gasteiger partial charge in [0.25, 0.3) is 0 Å². The summed E-state index contributed by atoms with van der Waals surface area (Å²) in [7, 11) is 2.18. The largest absolute Gasteiger partial charge is 0.372 e. The van der Waals surface area contributed by atoms with Gasteiger partial charge in [-0.05, 0) is 61.8 Å². The van der Waals surface area contributed by atoms with E-state index in [1.807, 2.05) is 13.0 Å². The molecule has 102 valence electrons. The summed E-state index contributed by atoms with van der Waals surface area (Å²) in [6.45, 7) is 6.75. The molecule has 1 fully saturated rings. The third-order valence-corrected chi connectivity index (χ3v) is 4.59. The number of hydrogen-bond acceptors (Lipinski definition) is 2. The van der Waals surface area contributed by atoms with Gasteiger partial charge in [0.05, 0.1) is 11.6 Å². The number of nitrogens with zero attached hydrogens (tertiary/aromatic N) is 2. The zero-order valence-electron chi connectivity index (χ0n) is 12.5. The molecule has 2 heteroatoms. The number of benzene rings is 1. The molecular formula is C17H24N2. The van der Waals surface area contributed by atoms with Crippen molar-refractivity contribution in [3.8, 4) is 6.07 Å². The van der Waals surface area contributed by atoms with E-state index in [0.29, 0.717) is 11.5 Å². The van der Waals surface area contributed by atoms with Gasteiger partial charge in [0.2, 0.25) is 0 Å². The van der Waals surface area contributed by atoms with Crippen molar-refractivity contribution >= 4 is 5.69 Å². The van der Waals surface area contributed by atoms with Crippen molar-refractivity contribution in [3.05, 3.63) is 29.3 Å². The highest BCUT2D eigenvalue weighted by Crippen LogP contribution is 2.37. The third kappa shape index (κ3) is 3.10. The lowest BCUT2D eigenvalue weighted by Gasteiger charge is -2.39. The Morgan fingerprint density at radius 2 is 1.89 bits per heavy atom. The van der Waals surface area contributed by atoms with Gasteiger partial charge in [0.1, 0.15) is 0 Å². The second-order valence-electron chi connectivity index (χ2n) is 6.62. The van der Waals surface area contributed by atoms with E-state index in [9.17, 15) is 0 Å². The lowest BCUT2D eigenvalue weighted by atomic mass is 9.75. The van der Waals surface area contributed by atoms with Crippen molar-refractivity contribution in [1.82, 2.24) is 0 Å². The van der Waals surface area contributed by atoms with Crippen LogP contribution in [0.2, 0.25) is 0 Å². The SMILES string of the molecule is Cc1cc(N(C)C2CCC(C)(C)CC2)ccc1C#N. The highest BCUT2D eigenvalue weighted by molar-refractivity contribution is 5.53. The van der Waals surface area contributed by atoms with Crippen LogP contribution < -0.4 is 4.90 Å². The van der Waals surface area contributed by atoms with E-state index in [4.69, 9.17) is 5.26 Å². The molecule has 0 unspecified atom stereocenters. The minimum Gasteiger partial charge on any atom is -0.372 e. The molecule has 0 spiro atoms. The summed E-state index contributed by atoms with van der Waals surface area (Å²) < 4.78 is 0. The van der Waals surface area contributed by atoms with Crippen LogP contribution in [0.1, 0.15) is 50.7 Å². The summed E-state index contributed by atoms with van der Waals surface area (Å²) in [4.78, 5) is 2.39. The molecule has 0 aromatic heterocycles. The van der Waals surface area contributed by atoms with E-state index in [-0.39, 0.29) is 0 Å². The molecule has 0 amide bonds. The smallest absolute Gasteiger partial charge is 0.0994 e. The van der Waals surface area contributed by atoms with E-state index in [0.717, 1.165) is 11.1 Å². The molecule has 2 rings (SSSR count). The maximum absolute atomic E-state index is 8.99. The average molecular weight is 256 g/mol. The van der Waals surface area contributed by atoms with Crippen LogP contribution in [0, 0.1) is 23.7 Å². The van der Waals surface area contributed by atoms with Crippen molar-refractivity contribution in [2.24, 2.45) is 5.41 Å². The van der Waals surface area contributed by atoms with Gasteiger partial charge >= 0.3 is 0 Å². The Kier molecular flexibility index (Phi) is 3.85. The lowest BCUT2D eigenvalue weighted by Crippen LogP contribution is -2.37. The maximum atomic E-state index is 8.99. The van der Waals surface area contributed by atoms with Gasteiger partial charge in [0, 0.05) is 18.8 Å². The second-order valence-corrected chi connectivity index (χ2v) is 6.62. The molecule has 19 heavy (non-hydrogen) atoms.